The van der Waals surface area contributed by atoms with Crippen LogP contribution in [0.3, 0.4) is 0 Å². The molecule has 204 valence electrons. The summed E-state index contributed by atoms with van der Waals surface area (Å²) >= 11 is 0. The van der Waals surface area contributed by atoms with Crippen molar-refractivity contribution in [2.24, 2.45) is 0 Å². The Hall–Kier alpha value is -5.02. The van der Waals surface area contributed by atoms with E-state index in [1.807, 2.05) is 70.4 Å². The minimum Gasteiger partial charge on any atom is -0.480 e. The highest BCUT2D eigenvalue weighted by atomic mass is 16.4. The summed E-state index contributed by atoms with van der Waals surface area (Å²) in [5.41, 5.74) is 4.88. The molecule has 6 aromatic rings. The molecule has 7 rings (SSSR count). The maximum atomic E-state index is 11.6. The van der Waals surface area contributed by atoms with Crippen LogP contribution in [0.4, 0.5) is 11.5 Å². The second-order valence-corrected chi connectivity index (χ2v) is 10.4. The standard InChI is InChI=1S/C32H28N6O3/c39-32(40)29-7-4-14-37(29)19-25-10-13-30(41-25)22-8-11-27-26(16-22)31(34-20-33-27)36-24-9-12-28-23(15-24)17-35-38(28)18-21-5-2-1-3-6-21/h1-3,5-6,8-13,15-17,20,29H,4,7,14,18-19H2,(H,39,40)(H,33,34,36)/t29-/m0/s1. The van der Waals surface area contributed by atoms with E-state index in [1.165, 1.54) is 5.56 Å². The summed E-state index contributed by atoms with van der Waals surface area (Å²) in [7, 11) is 0. The van der Waals surface area contributed by atoms with Crippen LogP contribution in [0.15, 0.2) is 95.8 Å². The molecule has 0 amide bonds. The van der Waals surface area contributed by atoms with Gasteiger partial charge in [0.25, 0.3) is 0 Å². The van der Waals surface area contributed by atoms with Crippen molar-refractivity contribution in [3.63, 3.8) is 0 Å². The van der Waals surface area contributed by atoms with Gasteiger partial charge in [0.2, 0.25) is 0 Å². The van der Waals surface area contributed by atoms with E-state index in [2.05, 4.69) is 44.6 Å². The SMILES string of the molecule is O=C(O)[C@@H]1CCCN1Cc1ccc(-c2ccc3ncnc(Nc4ccc5c(cnn5Cc5ccccc5)c4)c3c2)o1. The summed E-state index contributed by atoms with van der Waals surface area (Å²) in [6.45, 7) is 1.95. The second-order valence-electron chi connectivity index (χ2n) is 10.4. The topological polar surface area (TPSA) is 109 Å². The summed E-state index contributed by atoms with van der Waals surface area (Å²) in [4.78, 5) is 22.5. The van der Waals surface area contributed by atoms with Gasteiger partial charge >= 0.3 is 5.97 Å². The molecule has 0 bridgehead atoms. The number of aromatic nitrogens is 4. The van der Waals surface area contributed by atoms with Crippen molar-refractivity contribution in [2.45, 2.75) is 32.0 Å². The van der Waals surface area contributed by atoms with Crippen LogP contribution in [0.25, 0.3) is 33.1 Å². The smallest absolute Gasteiger partial charge is 0.320 e. The molecule has 0 aliphatic carbocycles. The third-order valence-electron chi connectivity index (χ3n) is 7.67. The molecule has 2 N–H and O–H groups in total. The van der Waals surface area contributed by atoms with Crippen LogP contribution in [0.1, 0.15) is 24.2 Å². The van der Waals surface area contributed by atoms with Crippen LogP contribution in [-0.4, -0.2) is 48.3 Å². The zero-order valence-corrected chi connectivity index (χ0v) is 22.3. The van der Waals surface area contributed by atoms with Gasteiger partial charge in [-0.05, 0) is 73.5 Å². The van der Waals surface area contributed by atoms with Gasteiger partial charge in [-0.3, -0.25) is 14.4 Å². The number of carboxylic acid groups (broad SMARTS) is 1. The first-order valence-corrected chi connectivity index (χ1v) is 13.7. The van der Waals surface area contributed by atoms with Gasteiger partial charge in [0.05, 0.1) is 30.3 Å². The van der Waals surface area contributed by atoms with Crippen LogP contribution in [0, 0.1) is 0 Å². The summed E-state index contributed by atoms with van der Waals surface area (Å²) in [5.74, 6) is 1.39. The monoisotopic (exact) mass is 544 g/mol. The molecule has 9 heteroatoms. The molecule has 3 aromatic carbocycles. The molecule has 0 unspecified atom stereocenters. The van der Waals surface area contributed by atoms with Gasteiger partial charge in [-0.2, -0.15) is 5.10 Å². The molecule has 1 saturated heterocycles. The third-order valence-corrected chi connectivity index (χ3v) is 7.67. The lowest BCUT2D eigenvalue weighted by molar-refractivity contribution is -0.142. The van der Waals surface area contributed by atoms with Crippen molar-refractivity contribution in [3.05, 3.63) is 103 Å². The van der Waals surface area contributed by atoms with Gasteiger partial charge in [0.15, 0.2) is 0 Å². The Morgan fingerprint density at radius 2 is 1.90 bits per heavy atom. The number of benzene rings is 3. The van der Waals surface area contributed by atoms with Crippen LogP contribution in [0.2, 0.25) is 0 Å². The molecule has 1 atom stereocenters. The van der Waals surface area contributed by atoms with E-state index in [-0.39, 0.29) is 0 Å². The van der Waals surface area contributed by atoms with Crippen molar-refractivity contribution in [2.75, 3.05) is 11.9 Å². The molecule has 1 fully saturated rings. The summed E-state index contributed by atoms with van der Waals surface area (Å²) in [6.07, 6.45) is 5.00. The molecule has 1 aliphatic heterocycles. The number of rotatable bonds is 8. The Morgan fingerprint density at radius 3 is 2.78 bits per heavy atom. The second kappa shape index (κ2) is 10.5. The van der Waals surface area contributed by atoms with Gasteiger partial charge in [-0.1, -0.05) is 30.3 Å². The van der Waals surface area contributed by atoms with E-state index in [4.69, 9.17) is 4.42 Å². The van der Waals surface area contributed by atoms with Gasteiger partial charge in [0.1, 0.15) is 29.7 Å². The summed E-state index contributed by atoms with van der Waals surface area (Å²) in [6, 6.07) is 25.8. The number of carboxylic acids is 1. The van der Waals surface area contributed by atoms with E-state index in [0.717, 1.165) is 57.5 Å². The zero-order valence-electron chi connectivity index (χ0n) is 22.3. The quantitative estimate of drug-likeness (QED) is 0.237. The Labute approximate surface area is 236 Å². The molecule has 0 spiro atoms. The lowest BCUT2D eigenvalue weighted by Gasteiger charge is -2.19. The summed E-state index contributed by atoms with van der Waals surface area (Å²) < 4.78 is 8.16. The van der Waals surface area contributed by atoms with Crippen LogP contribution < -0.4 is 5.32 Å². The fourth-order valence-electron chi connectivity index (χ4n) is 5.61. The van der Waals surface area contributed by atoms with Gasteiger partial charge in [0, 0.05) is 22.0 Å². The molecule has 0 radical (unpaired) electrons. The fraction of sp³-hybridized carbons (Fsp3) is 0.188. The predicted octanol–water partition coefficient (Wildman–Crippen LogP) is 6.08. The van der Waals surface area contributed by atoms with Crippen molar-refractivity contribution in [3.8, 4) is 11.3 Å². The molecule has 41 heavy (non-hydrogen) atoms. The number of aliphatic carboxylic acids is 1. The average Bonchev–Trinajstić information content (AvgIpc) is 3.75. The molecule has 9 nitrogen and oxygen atoms in total. The third kappa shape index (κ3) is 5.03. The number of anilines is 2. The van der Waals surface area contributed by atoms with E-state index >= 15 is 0 Å². The predicted molar refractivity (Wildman–Crippen MR) is 157 cm³/mol. The largest absolute Gasteiger partial charge is 0.480 e. The number of carbonyl (C=O) groups is 1. The van der Waals surface area contributed by atoms with Crippen LogP contribution in [0.5, 0.6) is 0 Å². The molecular weight excluding hydrogens is 516 g/mol. The molecular formula is C32H28N6O3. The Kier molecular flexibility index (Phi) is 6.41. The number of hydrogen-bond acceptors (Lipinski definition) is 7. The number of hydrogen-bond donors (Lipinski definition) is 2. The lowest BCUT2D eigenvalue weighted by Crippen LogP contribution is -2.35. The van der Waals surface area contributed by atoms with Gasteiger partial charge < -0.3 is 14.8 Å². The number of nitrogens with zero attached hydrogens (tertiary/aromatic N) is 5. The molecule has 1 aliphatic rings. The maximum Gasteiger partial charge on any atom is 0.320 e. The first-order valence-electron chi connectivity index (χ1n) is 13.7. The maximum absolute atomic E-state index is 11.6. The van der Waals surface area contributed by atoms with Crippen molar-refractivity contribution < 1.29 is 14.3 Å². The minimum absolute atomic E-state index is 0.451. The van der Waals surface area contributed by atoms with Gasteiger partial charge in [-0.25, -0.2) is 9.97 Å². The molecule has 0 saturated carbocycles. The highest BCUT2D eigenvalue weighted by molar-refractivity contribution is 5.94. The van der Waals surface area contributed by atoms with E-state index < -0.39 is 12.0 Å². The number of likely N-dealkylation sites (tertiary alicyclic amines) is 1. The average molecular weight is 545 g/mol. The Balaban J connectivity index is 1.13. The van der Waals surface area contributed by atoms with Crippen molar-refractivity contribution in [1.29, 1.82) is 0 Å². The zero-order chi connectivity index (χ0) is 27.8. The lowest BCUT2D eigenvalue weighted by atomic mass is 10.1. The molecule has 3 aromatic heterocycles. The van der Waals surface area contributed by atoms with Crippen LogP contribution >= 0.6 is 0 Å². The number of fused-ring (bicyclic) bond motifs is 2. The fourth-order valence-corrected chi connectivity index (χ4v) is 5.61. The number of furan rings is 1. The first kappa shape index (κ1) is 25.0. The van der Waals surface area contributed by atoms with Crippen molar-refractivity contribution >= 4 is 39.3 Å². The van der Waals surface area contributed by atoms with E-state index in [9.17, 15) is 9.90 Å². The van der Waals surface area contributed by atoms with Crippen molar-refractivity contribution in [1.82, 2.24) is 24.6 Å². The van der Waals surface area contributed by atoms with E-state index in [0.29, 0.717) is 25.3 Å². The Morgan fingerprint density at radius 1 is 1.00 bits per heavy atom. The minimum atomic E-state index is -0.774. The highest BCUT2D eigenvalue weighted by Crippen LogP contribution is 2.31. The number of nitrogens with one attached hydrogen (secondary N) is 1. The van der Waals surface area contributed by atoms with Gasteiger partial charge in [-0.15, -0.1) is 0 Å². The first-order chi connectivity index (χ1) is 20.1. The van der Waals surface area contributed by atoms with Crippen LogP contribution in [-0.2, 0) is 17.9 Å². The molecule has 4 heterocycles. The highest BCUT2D eigenvalue weighted by Gasteiger charge is 2.31. The summed E-state index contributed by atoms with van der Waals surface area (Å²) in [5, 5.41) is 19.5. The normalized spacial score (nSPS) is 15.6. The van der Waals surface area contributed by atoms with E-state index in [1.54, 1.807) is 6.33 Å². The Bertz CT molecular complexity index is 1860.